The van der Waals surface area contributed by atoms with Gasteiger partial charge in [-0.25, -0.2) is 0 Å². The zero-order chi connectivity index (χ0) is 18.7. The first kappa shape index (κ1) is 17.9. The van der Waals surface area contributed by atoms with Crippen molar-refractivity contribution in [3.05, 3.63) is 63.0 Å². The maximum atomic E-state index is 11.7. The van der Waals surface area contributed by atoms with E-state index in [9.17, 15) is 14.9 Å². The quantitative estimate of drug-likeness (QED) is 0.360. The molecule has 0 saturated carbocycles. The summed E-state index contributed by atoms with van der Waals surface area (Å²) in [6.45, 7) is 0. The molecule has 2 aromatic rings. The summed E-state index contributed by atoms with van der Waals surface area (Å²) in [4.78, 5) is 23.0. The number of hydrogen-bond acceptors (Lipinski definition) is 7. The second kappa shape index (κ2) is 7.54. The van der Waals surface area contributed by atoms with Crippen LogP contribution in [-0.2, 0) is 4.79 Å². The molecule has 0 aromatic heterocycles. The Kier molecular flexibility index (Phi) is 5.19. The number of hydrogen-bond donors (Lipinski definition) is 1. The zero-order valence-electron chi connectivity index (χ0n) is 13.4. The molecule has 1 fully saturated rings. The fourth-order valence-electron chi connectivity index (χ4n) is 2.20. The Hall–Kier alpha value is -2.91. The van der Waals surface area contributed by atoms with Crippen LogP contribution in [0, 0.1) is 10.1 Å². The van der Waals surface area contributed by atoms with Gasteiger partial charge in [0.05, 0.1) is 16.9 Å². The highest BCUT2D eigenvalue weighted by Gasteiger charge is 2.23. The van der Waals surface area contributed by atoms with Gasteiger partial charge in [-0.3, -0.25) is 14.9 Å². The van der Waals surface area contributed by atoms with Crippen LogP contribution in [-0.4, -0.2) is 22.3 Å². The first-order chi connectivity index (χ1) is 12.5. The maximum absolute atomic E-state index is 11.7. The first-order valence-electron chi connectivity index (χ1n) is 7.31. The molecule has 0 bridgehead atoms. The number of thiocarbonyl (C=S) groups is 1. The number of rotatable bonds is 5. The van der Waals surface area contributed by atoms with Crippen molar-refractivity contribution in [3.8, 4) is 17.2 Å². The summed E-state index contributed by atoms with van der Waals surface area (Å²) in [6, 6.07) is 11.2. The zero-order valence-corrected chi connectivity index (χ0v) is 15.1. The molecule has 0 spiro atoms. The molecule has 1 aliphatic rings. The maximum Gasteiger partial charge on any atom is 0.312 e. The molecular weight excluding hydrogens is 376 g/mol. The van der Waals surface area contributed by atoms with Crippen molar-refractivity contribution < 1.29 is 19.2 Å². The van der Waals surface area contributed by atoms with Crippen LogP contribution >= 0.6 is 24.0 Å². The topological polar surface area (TPSA) is 90.7 Å². The second-order valence-corrected chi connectivity index (χ2v) is 6.83. The third-order valence-corrected chi connectivity index (χ3v) is 4.57. The number of nitro groups is 1. The fourth-order valence-corrected chi connectivity index (χ4v) is 3.24. The van der Waals surface area contributed by atoms with Crippen LogP contribution < -0.4 is 14.8 Å². The molecule has 7 nitrogen and oxygen atoms in total. The van der Waals surface area contributed by atoms with Gasteiger partial charge in [0.25, 0.3) is 5.91 Å². The van der Waals surface area contributed by atoms with Gasteiger partial charge in [-0.2, -0.15) is 0 Å². The van der Waals surface area contributed by atoms with Crippen molar-refractivity contribution in [3.63, 3.8) is 0 Å². The van der Waals surface area contributed by atoms with E-state index in [1.807, 2.05) is 0 Å². The Morgan fingerprint density at radius 2 is 1.88 bits per heavy atom. The molecule has 2 aromatic carbocycles. The molecule has 0 atom stereocenters. The lowest BCUT2D eigenvalue weighted by Crippen LogP contribution is -2.17. The van der Waals surface area contributed by atoms with Crippen LogP contribution in [0.25, 0.3) is 6.08 Å². The monoisotopic (exact) mass is 388 g/mol. The van der Waals surface area contributed by atoms with E-state index in [1.54, 1.807) is 43.5 Å². The number of nitrogens with zero attached hydrogens (tertiary/aromatic N) is 1. The highest BCUT2D eigenvalue weighted by Crippen LogP contribution is 2.34. The summed E-state index contributed by atoms with van der Waals surface area (Å²) in [5.41, 5.74) is 0.294. The molecule has 0 radical (unpaired) electrons. The summed E-state index contributed by atoms with van der Waals surface area (Å²) in [6.07, 6.45) is 1.55. The van der Waals surface area contributed by atoms with E-state index in [4.69, 9.17) is 21.7 Å². The van der Waals surface area contributed by atoms with E-state index >= 15 is 0 Å². The van der Waals surface area contributed by atoms with E-state index in [1.165, 1.54) is 12.1 Å². The van der Waals surface area contributed by atoms with Crippen molar-refractivity contribution in [2.45, 2.75) is 0 Å². The minimum absolute atomic E-state index is 0.0985. The number of nitrogens with one attached hydrogen (secondary N) is 1. The lowest BCUT2D eigenvalue weighted by Gasteiger charge is -2.08. The highest BCUT2D eigenvalue weighted by molar-refractivity contribution is 8.26. The molecule has 26 heavy (non-hydrogen) atoms. The van der Waals surface area contributed by atoms with Crippen LogP contribution in [0.4, 0.5) is 5.69 Å². The number of benzene rings is 2. The summed E-state index contributed by atoms with van der Waals surface area (Å²) in [7, 11) is 1.55. The third-order valence-electron chi connectivity index (χ3n) is 3.41. The number of carbonyl (C=O) groups excluding carboxylic acids is 1. The van der Waals surface area contributed by atoms with Gasteiger partial charge >= 0.3 is 5.69 Å². The van der Waals surface area contributed by atoms with Crippen molar-refractivity contribution in [2.75, 3.05) is 7.11 Å². The summed E-state index contributed by atoms with van der Waals surface area (Å²) >= 11 is 6.03. The van der Waals surface area contributed by atoms with Gasteiger partial charge in [0.1, 0.15) is 15.8 Å². The molecule has 1 heterocycles. The van der Waals surface area contributed by atoms with E-state index in [0.717, 1.165) is 11.8 Å². The van der Waals surface area contributed by atoms with Gasteiger partial charge in [-0.05, 0) is 42.0 Å². The predicted molar refractivity (Wildman–Crippen MR) is 102 cm³/mol. The van der Waals surface area contributed by atoms with Gasteiger partial charge < -0.3 is 14.8 Å². The normalized spacial score (nSPS) is 15.0. The molecule has 1 amide bonds. The standard InChI is InChI=1S/C17H12N2O5S2/c1-23-11-3-5-12(6-4-11)24-14-7-2-10(8-13(14)19(21)22)9-15-16(20)18-17(25)26-15/h2-9H,1H3,(H,18,20,25)/b15-9+. The van der Waals surface area contributed by atoms with Crippen LogP contribution in [0.2, 0.25) is 0 Å². The Bertz CT molecular complexity index is 925. The molecule has 1 N–H and O–H groups in total. The number of ether oxygens (including phenoxy) is 2. The largest absolute Gasteiger partial charge is 0.497 e. The highest BCUT2D eigenvalue weighted by atomic mass is 32.2. The number of methoxy groups -OCH3 is 1. The Morgan fingerprint density at radius 1 is 1.19 bits per heavy atom. The van der Waals surface area contributed by atoms with E-state index < -0.39 is 4.92 Å². The summed E-state index contributed by atoms with van der Waals surface area (Å²) in [5.74, 6) is 0.873. The predicted octanol–water partition coefficient (Wildman–Crippen LogP) is 3.88. The van der Waals surface area contributed by atoms with Crippen molar-refractivity contribution in [1.29, 1.82) is 0 Å². The van der Waals surface area contributed by atoms with Gasteiger partial charge in [-0.15, -0.1) is 0 Å². The van der Waals surface area contributed by atoms with E-state index in [2.05, 4.69) is 5.32 Å². The average molecular weight is 388 g/mol. The molecule has 1 aliphatic heterocycles. The molecule has 9 heteroatoms. The van der Waals surface area contributed by atoms with Crippen molar-refractivity contribution in [2.24, 2.45) is 0 Å². The van der Waals surface area contributed by atoms with Gasteiger partial charge in [0, 0.05) is 6.07 Å². The van der Waals surface area contributed by atoms with Gasteiger partial charge in [0.2, 0.25) is 5.75 Å². The minimum Gasteiger partial charge on any atom is -0.497 e. The Balaban J connectivity index is 1.89. The number of nitro benzene ring substituents is 1. The van der Waals surface area contributed by atoms with E-state index in [-0.39, 0.29) is 17.3 Å². The first-order valence-corrected chi connectivity index (χ1v) is 8.54. The van der Waals surface area contributed by atoms with Gasteiger partial charge in [-0.1, -0.05) is 30.0 Å². The lowest BCUT2D eigenvalue weighted by molar-refractivity contribution is -0.385. The number of carbonyl (C=O) groups is 1. The SMILES string of the molecule is COc1ccc(Oc2ccc(/C=C3/SC(=S)NC3=O)cc2[N+](=O)[O-])cc1. The lowest BCUT2D eigenvalue weighted by atomic mass is 10.1. The summed E-state index contributed by atoms with van der Waals surface area (Å²) < 4.78 is 11.0. The third kappa shape index (κ3) is 4.01. The molecule has 132 valence electrons. The molecule has 0 unspecified atom stereocenters. The molecule has 1 saturated heterocycles. The Morgan fingerprint density at radius 3 is 2.46 bits per heavy atom. The second-order valence-electron chi connectivity index (χ2n) is 5.11. The molecule has 0 aliphatic carbocycles. The van der Waals surface area contributed by atoms with Crippen molar-refractivity contribution >= 4 is 46.0 Å². The van der Waals surface area contributed by atoms with E-state index in [0.29, 0.717) is 26.3 Å². The number of thioether (sulfide) groups is 1. The smallest absolute Gasteiger partial charge is 0.312 e. The fraction of sp³-hybridized carbons (Fsp3) is 0.0588. The minimum atomic E-state index is -0.534. The summed E-state index contributed by atoms with van der Waals surface area (Å²) in [5, 5.41) is 13.9. The van der Waals surface area contributed by atoms with Crippen LogP contribution in [0.3, 0.4) is 0 Å². The Labute approximate surface area is 158 Å². The molecule has 3 rings (SSSR count). The van der Waals surface area contributed by atoms with Crippen LogP contribution in [0.5, 0.6) is 17.2 Å². The van der Waals surface area contributed by atoms with Gasteiger partial charge in [0.15, 0.2) is 0 Å². The van der Waals surface area contributed by atoms with Crippen LogP contribution in [0.15, 0.2) is 47.4 Å². The average Bonchev–Trinajstić information content (AvgIpc) is 2.94. The van der Waals surface area contributed by atoms with Crippen molar-refractivity contribution in [1.82, 2.24) is 5.32 Å². The van der Waals surface area contributed by atoms with Crippen LogP contribution in [0.1, 0.15) is 5.56 Å². The molecular formula is C17H12N2O5S2. The number of amides is 1.